The molecule has 26 heavy (non-hydrogen) atoms. The minimum Gasteiger partial charge on any atom is -0.506 e. The molecule has 2 aromatic carbocycles. The van der Waals surface area contributed by atoms with Gasteiger partial charge >= 0.3 is 0 Å². The molecule has 1 aliphatic rings. The molecule has 0 amide bonds. The minimum atomic E-state index is -3.67. The quantitative estimate of drug-likeness (QED) is 0.786. The topological polar surface area (TPSA) is 96.1 Å². The van der Waals surface area contributed by atoms with Crippen molar-refractivity contribution in [2.75, 3.05) is 44.2 Å². The zero-order valence-electron chi connectivity index (χ0n) is 14.4. The third-order valence-electron chi connectivity index (χ3n) is 4.42. The Balaban J connectivity index is 1.44. The summed E-state index contributed by atoms with van der Waals surface area (Å²) in [6.07, 6.45) is 0. The van der Waals surface area contributed by atoms with Crippen LogP contribution in [0.3, 0.4) is 0 Å². The van der Waals surface area contributed by atoms with Crippen molar-refractivity contribution in [1.29, 1.82) is 0 Å². The molecule has 0 aliphatic carbocycles. The number of phenols is 1. The van der Waals surface area contributed by atoms with Crippen molar-refractivity contribution < 1.29 is 18.3 Å². The zero-order chi connectivity index (χ0) is 18.6. The number of primary sulfonamides is 1. The highest BCUT2D eigenvalue weighted by Crippen LogP contribution is 2.27. The third kappa shape index (κ3) is 4.66. The first-order valence-electron chi connectivity index (χ1n) is 8.44. The lowest BCUT2D eigenvalue weighted by Crippen LogP contribution is -2.47. The number of hydrogen-bond acceptors (Lipinski definition) is 6. The van der Waals surface area contributed by atoms with Crippen molar-refractivity contribution >= 4 is 15.7 Å². The van der Waals surface area contributed by atoms with Crippen molar-refractivity contribution in [1.82, 2.24) is 4.90 Å². The molecule has 1 saturated heterocycles. The molecule has 0 saturated carbocycles. The number of sulfonamides is 1. The van der Waals surface area contributed by atoms with Crippen LogP contribution in [-0.4, -0.2) is 57.8 Å². The molecule has 0 unspecified atom stereocenters. The van der Waals surface area contributed by atoms with E-state index in [0.29, 0.717) is 18.1 Å². The van der Waals surface area contributed by atoms with E-state index in [1.807, 2.05) is 18.2 Å². The highest BCUT2D eigenvalue weighted by Gasteiger charge is 2.18. The molecule has 0 atom stereocenters. The van der Waals surface area contributed by atoms with Crippen molar-refractivity contribution in [3.05, 3.63) is 48.5 Å². The molecule has 1 fully saturated rings. The number of nitrogens with two attached hydrogens (primary N) is 1. The molecule has 7 nitrogen and oxygen atoms in total. The summed E-state index contributed by atoms with van der Waals surface area (Å²) in [4.78, 5) is 4.55. The Labute approximate surface area is 153 Å². The Morgan fingerprint density at radius 2 is 1.65 bits per heavy atom. The summed E-state index contributed by atoms with van der Waals surface area (Å²) >= 11 is 0. The van der Waals surface area contributed by atoms with Gasteiger partial charge in [0.2, 0.25) is 10.0 Å². The highest BCUT2D eigenvalue weighted by atomic mass is 32.2. The fourth-order valence-electron chi connectivity index (χ4n) is 2.96. The van der Waals surface area contributed by atoms with E-state index in [9.17, 15) is 13.5 Å². The molecule has 1 heterocycles. The van der Waals surface area contributed by atoms with Crippen LogP contribution in [-0.2, 0) is 10.0 Å². The molecule has 3 rings (SSSR count). The van der Waals surface area contributed by atoms with Gasteiger partial charge in [-0.15, -0.1) is 0 Å². The number of ether oxygens (including phenoxy) is 1. The van der Waals surface area contributed by atoms with Crippen LogP contribution < -0.4 is 14.8 Å². The maximum atomic E-state index is 11.2. The first-order chi connectivity index (χ1) is 12.4. The fraction of sp³-hybridized carbons (Fsp3) is 0.333. The number of benzene rings is 2. The largest absolute Gasteiger partial charge is 0.506 e. The van der Waals surface area contributed by atoms with Gasteiger partial charge in [-0.1, -0.05) is 12.1 Å². The summed E-state index contributed by atoms with van der Waals surface area (Å²) in [6.45, 7) is 4.78. The predicted molar refractivity (Wildman–Crippen MR) is 100 cm³/mol. The van der Waals surface area contributed by atoms with Crippen molar-refractivity contribution in [3.63, 3.8) is 0 Å². The number of phenolic OH excluding ortho intramolecular Hbond substituents is 1. The van der Waals surface area contributed by atoms with Gasteiger partial charge in [-0.25, -0.2) is 13.6 Å². The molecular formula is C18H23N3O4S. The lowest BCUT2D eigenvalue weighted by atomic mass is 10.2. The molecule has 1 aliphatic heterocycles. The molecule has 140 valence electrons. The van der Waals surface area contributed by atoms with E-state index in [-0.39, 0.29) is 4.90 Å². The van der Waals surface area contributed by atoms with E-state index in [1.54, 1.807) is 18.2 Å². The average Bonchev–Trinajstić information content (AvgIpc) is 2.63. The van der Waals surface area contributed by atoms with Crippen molar-refractivity contribution in [2.45, 2.75) is 4.90 Å². The van der Waals surface area contributed by atoms with Crippen LogP contribution in [0.5, 0.6) is 11.5 Å². The van der Waals surface area contributed by atoms with Crippen LogP contribution in [0.4, 0.5) is 5.69 Å². The smallest absolute Gasteiger partial charge is 0.238 e. The van der Waals surface area contributed by atoms with Crippen LogP contribution in [0.2, 0.25) is 0 Å². The standard InChI is InChI=1S/C18H23N3O4S/c19-26(23,24)16-7-5-15(6-8-16)25-14-13-20-9-11-21(12-10-20)17-3-1-2-4-18(17)22/h1-8,22H,9-14H2,(H2,19,23,24). The van der Waals surface area contributed by atoms with Gasteiger partial charge in [0.25, 0.3) is 0 Å². The second kappa shape index (κ2) is 7.94. The zero-order valence-corrected chi connectivity index (χ0v) is 15.2. The first kappa shape index (κ1) is 18.5. The van der Waals surface area contributed by atoms with Gasteiger partial charge in [0, 0.05) is 32.7 Å². The van der Waals surface area contributed by atoms with Gasteiger partial charge in [0.05, 0.1) is 10.6 Å². The van der Waals surface area contributed by atoms with Gasteiger partial charge < -0.3 is 14.7 Å². The predicted octanol–water partition coefficient (Wildman–Crippen LogP) is 1.24. The summed E-state index contributed by atoms with van der Waals surface area (Å²) in [5.41, 5.74) is 0.873. The Kier molecular flexibility index (Phi) is 5.65. The second-order valence-corrected chi connectivity index (χ2v) is 7.74. The van der Waals surface area contributed by atoms with Crippen molar-refractivity contribution in [2.24, 2.45) is 5.14 Å². The molecule has 2 aromatic rings. The van der Waals surface area contributed by atoms with Crippen LogP contribution in [0.25, 0.3) is 0 Å². The van der Waals surface area contributed by atoms with Gasteiger partial charge in [-0.2, -0.15) is 0 Å². The van der Waals surface area contributed by atoms with Crippen LogP contribution >= 0.6 is 0 Å². The van der Waals surface area contributed by atoms with E-state index in [4.69, 9.17) is 9.88 Å². The molecule has 0 bridgehead atoms. The van der Waals surface area contributed by atoms with E-state index in [0.717, 1.165) is 38.4 Å². The average molecular weight is 377 g/mol. The Hall–Kier alpha value is -2.29. The number of piperazine rings is 1. The maximum Gasteiger partial charge on any atom is 0.238 e. The number of para-hydroxylation sites is 2. The third-order valence-corrected chi connectivity index (χ3v) is 5.35. The normalized spacial score (nSPS) is 15.8. The minimum absolute atomic E-state index is 0.0742. The summed E-state index contributed by atoms with van der Waals surface area (Å²) in [5.74, 6) is 0.928. The highest BCUT2D eigenvalue weighted by molar-refractivity contribution is 7.89. The van der Waals surface area contributed by atoms with E-state index >= 15 is 0 Å². The Morgan fingerprint density at radius 1 is 1.00 bits per heavy atom. The van der Waals surface area contributed by atoms with E-state index < -0.39 is 10.0 Å². The second-order valence-electron chi connectivity index (χ2n) is 6.18. The number of nitrogens with zero attached hydrogens (tertiary/aromatic N) is 2. The summed E-state index contributed by atoms with van der Waals surface area (Å²) in [7, 11) is -3.67. The lowest BCUT2D eigenvalue weighted by Gasteiger charge is -2.36. The van der Waals surface area contributed by atoms with Crippen LogP contribution in [0, 0.1) is 0 Å². The fourth-order valence-corrected chi connectivity index (χ4v) is 3.48. The summed E-state index contributed by atoms with van der Waals surface area (Å²) < 4.78 is 28.1. The summed E-state index contributed by atoms with van der Waals surface area (Å²) in [6, 6.07) is 13.5. The molecule has 0 spiro atoms. The summed E-state index contributed by atoms with van der Waals surface area (Å²) in [5, 5.41) is 15.0. The number of aromatic hydroxyl groups is 1. The molecule has 0 aromatic heterocycles. The van der Waals surface area contributed by atoms with Crippen LogP contribution in [0.1, 0.15) is 0 Å². The number of hydrogen-bond donors (Lipinski definition) is 2. The van der Waals surface area contributed by atoms with Gasteiger partial charge in [0.1, 0.15) is 18.1 Å². The molecular weight excluding hydrogens is 354 g/mol. The van der Waals surface area contributed by atoms with Crippen LogP contribution in [0.15, 0.2) is 53.4 Å². The van der Waals surface area contributed by atoms with Gasteiger partial charge in [0.15, 0.2) is 0 Å². The van der Waals surface area contributed by atoms with E-state index in [1.165, 1.54) is 12.1 Å². The first-order valence-corrected chi connectivity index (χ1v) is 9.99. The monoisotopic (exact) mass is 377 g/mol. The Morgan fingerprint density at radius 3 is 2.27 bits per heavy atom. The van der Waals surface area contributed by atoms with Gasteiger partial charge in [-0.3, -0.25) is 4.90 Å². The van der Waals surface area contributed by atoms with E-state index in [2.05, 4.69) is 9.80 Å². The number of anilines is 1. The molecule has 8 heteroatoms. The lowest BCUT2D eigenvalue weighted by molar-refractivity contribution is 0.200. The SMILES string of the molecule is NS(=O)(=O)c1ccc(OCCN2CCN(c3ccccc3O)CC2)cc1. The van der Waals surface area contributed by atoms with Gasteiger partial charge in [-0.05, 0) is 36.4 Å². The van der Waals surface area contributed by atoms with Crippen molar-refractivity contribution in [3.8, 4) is 11.5 Å². The molecule has 0 radical (unpaired) electrons. The maximum absolute atomic E-state index is 11.2. The number of rotatable bonds is 6. The Bertz CT molecular complexity index is 832. The molecule has 3 N–H and O–H groups in total.